The van der Waals surface area contributed by atoms with Crippen molar-refractivity contribution in [3.05, 3.63) is 30.5 Å². The number of hydrogen-bond acceptors (Lipinski definition) is 5. The quantitative estimate of drug-likeness (QED) is 0.761. The molecule has 0 radical (unpaired) electrons. The van der Waals surface area contributed by atoms with E-state index in [0.717, 1.165) is 0 Å². The van der Waals surface area contributed by atoms with Crippen LogP contribution in [0.5, 0.6) is 11.5 Å². The van der Waals surface area contributed by atoms with Crippen molar-refractivity contribution >= 4 is 6.09 Å². The number of amides is 1. The van der Waals surface area contributed by atoms with Crippen molar-refractivity contribution in [3.8, 4) is 22.8 Å². The van der Waals surface area contributed by atoms with E-state index in [1.807, 2.05) is 6.07 Å². The molecule has 21 heavy (non-hydrogen) atoms. The van der Waals surface area contributed by atoms with Crippen molar-refractivity contribution in [3.63, 3.8) is 0 Å². The maximum Gasteiger partial charge on any atom is 0.404 e. The molecule has 0 unspecified atom stereocenters. The topological polar surface area (TPSA) is 93.8 Å². The summed E-state index contributed by atoms with van der Waals surface area (Å²) in [5, 5.41) is 14.4. The molecular formula is C14H16N2O5. The summed E-state index contributed by atoms with van der Waals surface area (Å²) in [4.78, 5) is 10.3. The van der Waals surface area contributed by atoms with Crippen LogP contribution in [-0.2, 0) is 0 Å². The monoisotopic (exact) mass is 292 g/mol. The maximum atomic E-state index is 10.3. The first-order chi connectivity index (χ1) is 10.2. The summed E-state index contributed by atoms with van der Waals surface area (Å²) in [6, 6.07) is 7.13. The Morgan fingerprint density at radius 3 is 2.86 bits per heavy atom. The van der Waals surface area contributed by atoms with Crippen molar-refractivity contribution in [2.45, 2.75) is 6.42 Å². The van der Waals surface area contributed by atoms with E-state index < -0.39 is 6.09 Å². The molecule has 0 saturated heterocycles. The summed E-state index contributed by atoms with van der Waals surface area (Å²) in [5.41, 5.74) is 0.684. The van der Waals surface area contributed by atoms with E-state index in [9.17, 15) is 4.79 Å². The molecule has 1 heterocycles. The van der Waals surface area contributed by atoms with Gasteiger partial charge in [0.15, 0.2) is 5.76 Å². The molecule has 0 atom stereocenters. The fourth-order valence-corrected chi connectivity index (χ4v) is 1.84. The molecule has 2 rings (SSSR count). The molecule has 7 nitrogen and oxygen atoms in total. The van der Waals surface area contributed by atoms with E-state index in [-0.39, 0.29) is 0 Å². The molecular weight excluding hydrogens is 276 g/mol. The van der Waals surface area contributed by atoms with E-state index in [1.165, 1.54) is 0 Å². The highest BCUT2D eigenvalue weighted by Gasteiger charge is 2.15. The molecule has 112 valence electrons. The highest BCUT2D eigenvalue weighted by molar-refractivity contribution is 5.72. The van der Waals surface area contributed by atoms with Gasteiger partial charge in [0.25, 0.3) is 0 Å². The molecule has 2 N–H and O–H groups in total. The normalized spacial score (nSPS) is 10.1. The molecule has 1 amide bonds. The molecule has 0 bridgehead atoms. The zero-order chi connectivity index (χ0) is 15.1. The van der Waals surface area contributed by atoms with Crippen molar-refractivity contribution in [1.29, 1.82) is 0 Å². The van der Waals surface area contributed by atoms with Crippen molar-refractivity contribution in [2.75, 3.05) is 20.3 Å². The average Bonchev–Trinajstić information content (AvgIpc) is 3.00. The minimum absolute atomic E-state index is 0.330. The summed E-state index contributed by atoms with van der Waals surface area (Å²) < 4.78 is 16.2. The first kappa shape index (κ1) is 14.7. The number of nitrogens with zero attached hydrogens (tertiary/aromatic N) is 1. The smallest absolute Gasteiger partial charge is 0.404 e. The van der Waals surface area contributed by atoms with Crippen LogP contribution in [0.4, 0.5) is 4.79 Å². The predicted molar refractivity (Wildman–Crippen MR) is 74.6 cm³/mol. The predicted octanol–water partition coefficient (Wildman–Crippen LogP) is 2.39. The Balaban J connectivity index is 2.07. The van der Waals surface area contributed by atoms with Gasteiger partial charge in [-0.15, -0.1) is 0 Å². The molecule has 2 aromatic rings. The number of aromatic nitrogens is 1. The van der Waals surface area contributed by atoms with Crippen LogP contribution in [0.25, 0.3) is 11.3 Å². The van der Waals surface area contributed by atoms with Crippen LogP contribution in [0.1, 0.15) is 6.42 Å². The lowest BCUT2D eigenvalue weighted by Crippen LogP contribution is -2.23. The largest absolute Gasteiger partial charge is 0.496 e. The Morgan fingerprint density at radius 1 is 1.38 bits per heavy atom. The molecule has 7 heteroatoms. The number of benzene rings is 1. The molecule has 0 aliphatic carbocycles. The van der Waals surface area contributed by atoms with Crippen molar-refractivity contribution in [1.82, 2.24) is 10.5 Å². The van der Waals surface area contributed by atoms with Gasteiger partial charge >= 0.3 is 6.09 Å². The molecule has 0 spiro atoms. The second-order valence-corrected chi connectivity index (χ2v) is 4.14. The molecule has 0 aliphatic heterocycles. The highest BCUT2D eigenvalue weighted by Crippen LogP contribution is 2.38. The maximum absolute atomic E-state index is 10.3. The zero-order valence-electron chi connectivity index (χ0n) is 11.5. The van der Waals surface area contributed by atoms with Gasteiger partial charge < -0.3 is 24.4 Å². The van der Waals surface area contributed by atoms with E-state index in [4.69, 9.17) is 19.1 Å². The summed E-state index contributed by atoms with van der Waals surface area (Å²) >= 11 is 0. The molecule has 0 fully saturated rings. The van der Waals surface area contributed by atoms with Gasteiger partial charge in [-0.25, -0.2) is 4.79 Å². The minimum atomic E-state index is -1.04. The van der Waals surface area contributed by atoms with Crippen molar-refractivity contribution < 1.29 is 23.9 Å². The molecule has 1 aromatic carbocycles. The minimum Gasteiger partial charge on any atom is -0.496 e. The number of methoxy groups -OCH3 is 1. The number of carboxylic acid groups (broad SMARTS) is 1. The van der Waals surface area contributed by atoms with Crippen LogP contribution in [0, 0.1) is 0 Å². The van der Waals surface area contributed by atoms with Gasteiger partial charge in [-0.3, -0.25) is 0 Å². The Bertz CT molecular complexity index is 583. The van der Waals surface area contributed by atoms with Crippen LogP contribution < -0.4 is 14.8 Å². The Morgan fingerprint density at radius 2 is 2.19 bits per heavy atom. The number of ether oxygens (including phenoxy) is 2. The van der Waals surface area contributed by atoms with Gasteiger partial charge in [-0.05, 0) is 18.6 Å². The second-order valence-electron chi connectivity index (χ2n) is 4.14. The molecule has 0 saturated carbocycles. The Labute approximate surface area is 121 Å². The molecule has 0 aliphatic rings. The third-order valence-electron chi connectivity index (χ3n) is 2.75. The Hall–Kier alpha value is -2.70. The lowest BCUT2D eigenvalue weighted by Gasteiger charge is -2.12. The van der Waals surface area contributed by atoms with Gasteiger partial charge in [-0.1, -0.05) is 11.2 Å². The van der Waals surface area contributed by atoms with Crippen LogP contribution in [0.2, 0.25) is 0 Å². The van der Waals surface area contributed by atoms with Crippen LogP contribution in [0.15, 0.2) is 35.0 Å². The van der Waals surface area contributed by atoms with E-state index in [1.54, 1.807) is 31.5 Å². The lowest BCUT2D eigenvalue weighted by molar-refractivity contribution is 0.193. The standard InChI is InChI=1S/C14H16N2O5/c1-19-10-4-2-5-11(13(10)12-6-8-16-21-12)20-9-3-7-15-14(17)18/h2,4-6,8,15H,3,7,9H2,1H3,(H,17,18). The van der Waals surface area contributed by atoms with Crippen LogP contribution >= 0.6 is 0 Å². The first-order valence-corrected chi connectivity index (χ1v) is 6.40. The summed E-state index contributed by atoms with van der Waals surface area (Å²) in [5.74, 6) is 1.76. The van der Waals surface area contributed by atoms with Gasteiger partial charge in [0.2, 0.25) is 0 Å². The number of rotatable bonds is 7. The van der Waals surface area contributed by atoms with Crippen LogP contribution in [0.3, 0.4) is 0 Å². The van der Waals surface area contributed by atoms with Crippen LogP contribution in [-0.4, -0.2) is 36.6 Å². The second kappa shape index (κ2) is 7.18. The summed E-state index contributed by atoms with van der Waals surface area (Å²) in [7, 11) is 1.57. The van der Waals surface area contributed by atoms with E-state index in [2.05, 4.69) is 10.5 Å². The number of nitrogens with one attached hydrogen (secondary N) is 1. The van der Waals surface area contributed by atoms with Gasteiger partial charge in [0.05, 0.1) is 19.9 Å². The molecule has 1 aromatic heterocycles. The highest BCUT2D eigenvalue weighted by atomic mass is 16.5. The zero-order valence-corrected chi connectivity index (χ0v) is 11.5. The summed E-state index contributed by atoms with van der Waals surface area (Å²) in [6.45, 7) is 0.700. The fourth-order valence-electron chi connectivity index (χ4n) is 1.84. The lowest BCUT2D eigenvalue weighted by atomic mass is 10.1. The first-order valence-electron chi connectivity index (χ1n) is 6.40. The van der Waals surface area contributed by atoms with Gasteiger partial charge in [-0.2, -0.15) is 0 Å². The van der Waals surface area contributed by atoms with Gasteiger partial charge in [0, 0.05) is 12.6 Å². The van der Waals surface area contributed by atoms with Gasteiger partial charge in [0.1, 0.15) is 17.1 Å². The summed E-state index contributed by atoms with van der Waals surface area (Å²) in [6.07, 6.45) is 1.06. The van der Waals surface area contributed by atoms with Crippen molar-refractivity contribution in [2.24, 2.45) is 0 Å². The third-order valence-corrected chi connectivity index (χ3v) is 2.75. The number of carbonyl (C=O) groups is 1. The fraction of sp³-hybridized carbons (Fsp3) is 0.286. The SMILES string of the molecule is COc1cccc(OCCCNC(=O)O)c1-c1ccno1. The number of hydrogen-bond donors (Lipinski definition) is 2. The van der Waals surface area contributed by atoms with E-state index >= 15 is 0 Å². The third kappa shape index (κ3) is 3.88. The average molecular weight is 292 g/mol. The van der Waals surface area contributed by atoms with E-state index in [0.29, 0.717) is 42.4 Å². The Kier molecular flexibility index (Phi) is 5.03.